The Kier molecular flexibility index (Phi) is 2.56. The van der Waals surface area contributed by atoms with Crippen molar-refractivity contribution in [3.63, 3.8) is 0 Å². The highest BCUT2D eigenvalue weighted by atomic mass is 32.1. The van der Waals surface area contributed by atoms with Gasteiger partial charge in [-0.05, 0) is 42.8 Å². The predicted octanol–water partition coefficient (Wildman–Crippen LogP) is 3.28. The van der Waals surface area contributed by atoms with Crippen molar-refractivity contribution in [2.45, 2.75) is 6.92 Å². The van der Waals surface area contributed by atoms with Crippen LogP contribution in [0.3, 0.4) is 0 Å². The maximum absolute atomic E-state index is 5.73. The molecule has 0 saturated carbocycles. The molecular formula is C15H15N2S+. The summed E-state index contributed by atoms with van der Waals surface area (Å²) in [5.74, 6) is 0. The molecule has 2 N–H and O–H groups in total. The van der Waals surface area contributed by atoms with E-state index in [9.17, 15) is 0 Å². The zero-order chi connectivity index (χ0) is 12.7. The fourth-order valence-corrected chi connectivity index (χ4v) is 3.39. The number of nitrogens with zero attached hydrogens (tertiary/aromatic N) is 1. The molecule has 3 aromatic rings. The van der Waals surface area contributed by atoms with Crippen molar-refractivity contribution < 1.29 is 4.57 Å². The Balaban J connectivity index is 2.23. The summed E-state index contributed by atoms with van der Waals surface area (Å²) in [4.78, 5) is 0. The van der Waals surface area contributed by atoms with Gasteiger partial charge in [-0.2, -0.15) is 4.57 Å². The van der Waals surface area contributed by atoms with Crippen LogP contribution in [0.2, 0.25) is 0 Å². The second kappa shape index (κ2) is 4.10. The summed E-state index contributed by atoms with van der Waals surface area (Å²) in [5, 5.41) is 1.26. The number of benzene rings is 2. The maximum Gasteiger partial charge on any atom is 0.269 e. The highest BCUT2D eigenvalue weighted by Gasteiger charge is 2.18. The lowest BCUT2D eigenvalue weighted by Gasteiger charge is -1.95. The minimum Gasteiger partial charge on any atom is -0.399 e. The number of hydrogen-bond donors (Lipinski definition) is 1. The summed E-state index contributed by atoms with van der Waals surface area (Å²) in [6, 6.07) is 14.6. The molecule has 2 nitrogen and oxygen atoms in total. The van der Waals surface area contributed by atoms with Crippen molar-refractivity contribution in [1.29, 1.82) is 0 Å². The second-order valence-corrected chi connectivity index (χ2v) is 5.59. The van der Waals surface area contributed by atoms with E-state index in [1.807, 2.05) is 23.5 Å². The number of hydrogen-bond acceptors (Lipinski definition) is 2. The molecule has 0 aliphatic rings. The van der Waals surface area contributed by atoms with E-state index in [1.54, 1.807) is 0 Å². The molecule has 0 unspecified atom stereocenters. The van der Waals surface area contributed by atoms with Gasteiger partial charge in [0.25, 0.3) is 5.01 Å². The summed E-state index contributed by atoms with van der Waals surface area (Å²) in [6.07, 6.45) is 0. The first-order chi connectivity index (χ1) is 8.65. The fraction of sp³-hybridized carbons (Fsp3) is 0.133. The van der Waals surface area contributed by atoms with E-state index < -0.39 is 0 Å². The molecule has 0 fully saturated rings. The fourth-order valence-electron chi connectivity index (χ4n) is 2.14. The van der Waals surface area contributed by atoms with E-state index in [1.165, 1.54) is 26.4 Å². The Hall–Kier alpha value is -1.87. The molecule has 1 aromatic heterocycles. The summed E-state index contributed by atoms with van der Waals surface area (Å²) in [7, 11) is 2.11. The van der Waals surface area contributed by atoms with Crippen LogP contribution in [0.25, 0.3) is 20.8 Å². The molecule has 18 heavy (non-hydrogen) atoms. The van der Waals surface area contributed by atoms with Gasteiger partial charge in [-0.25, -0.2) is 0 Å². The van der Waals surface area contributed by atoms with Crippen molar-refractivity contribution in [1.82, 2.24) is 0 Å². The van der Waals surface area contributed by atoms with Crippen LogP contribution in [0.5, 0.6) is 0 Å². The van der Waals surface area contributed by atoms with E-state index in [-0.39, 0.29) is 0 Å². The maximum atomic E-state index is 5.73. The molecule has 0 radical (unpaired) electrons. The molecule has 0 aliphatic heterocycles. The van der Waals surface area contributed by atoms with Gasteiger partial charge in [0.15, 0.2) is 0 Å². The number of fused-ring (bicyclic) bond motifs is 1. The number of aryl methyl sites for hydroxylation is 2. The lowest BCUT2D eigenvalue weighted by Crippen LogP contribution is -2.28. The largest absolute Gasteiger partial charge is 0.399 e. The van der Waals surface area contributed by atoms with Crippen LogP contribution in [-0.2, 0) is 7.05 Å². The normalized spacial score (nSPS) is 11.0. The first-order valence-electron chi connectivity index (χ1n) is 5.90. The average Bonchev–Trinajstić information content (AvgIpc) is 2.67. The number of thiazole rings is 1. The molecule has 1 heterocycles. The number of rotatable bonds is 1. The quantitative estimate of drug-likeness (QED) is 0.525. The summed E-state index contributed by atoms with van der Waals surface area (Å²) < 4.78 is 3.56. The van der Waals surface area contributed by atoms with Crippen LogP contribution < -0.4 is 10.3 Å². The smallest absolute Gasteiger partial charge is 0.269 e. The Morgan fingerprint density at radius 3 is 2.50 bits per heavy atom. The molecule has 0 atom stereocenters. The standard InChI is InChI=1S/C15H14N2S/c1-10-3-8-13-14(9-10)18-15(17(13)2)11-4-6-12(16)7-5-11/h3-9,16H,1-2H3/p+1. The molecular weight excluding hydrogens is 240 g/mol. The molecule has 0 bridgehead atoms. The predicted molar refractivity (Wildman–Crippen MR) is 77.6 cm³/mol. The molecule has 3 heteroatoms. The number of nitrogens with two attached hydrogens (primary N) is 1. The molecule has 0 spiro atoms. The second-order valence-electron chi connectivity index (χ2n) is 4.56. The van der Waals surface area contributed by atoms with Crippen LogP contribution >= 0.6 is 11.3 Å². The summed E-state index contributed by atoms with van der Waals surface area (Å²) in [6.45, 7) is 2.13. The van der Waals surface area contributed by atoms with Crippen LogP contribution in [-0.4, -0.2) is 0 Å². The van der Waals surface area contributed by atoms with Crippen molar-refractivity contribution in [2.75, 3.05) is 5.73 Å². The van der Waals surface area contributed by atoms with E-state index >= 15 is 0 Å². The third kappa shape index (κ3) is 1.77. The van der Waals surface area contributed by atoms with Crippen LogP contribution in [0, 0.1) is 6.92 Å². The van der Waals surface area contributed by atoms with Crippen molar-refractivity contribution >= 4 is 27.2 Å². The lowest BCUT2D eigenvalue weighted by molar-refractivity contribution is -0.629. The zero-order valence-electron chi connectivity index (χ0n) is 10.5. The highest BCUT2D eigenvalue weighted by Crippen LogP contribution is 2.29. The summed E-state index contributed by atoms with van der Waals surface area (Å²) >= 11 is 1.82. The number of nitrogen functional groups attached to an aromatic ring is 1. The molecule has 0 saturated heterocycles. The van der Waals surface area contributed by atoms with E-state index in [4.69, 9.17) is 5.73 Å². The first-order valence-corrected chi connectivity index (χ1v) is 6.72. The topological polar surface area (TPSA) is 29.9 Å². The van der Waals surface area contributed by atoms with Gasteiger partial charge in [0.05, 0.1) is 5.56 Å². The highest BCUT2D eigenvalue weighted by molar-refractivity contribution is 7.21. The van der Waals surface area contributed by atoms with E-state index in [2.05, 4.69) is 48.9 Å². The average molecular weight is 255 g/mol. The third-order valence-corrected chi connectivity index (χ3v) is 4.40. The van der Waals surface area contributed by atoms with Crippen LogP contribution in [0.1, 0.15) is 5.56 Å². The molecule has 90 valence electrons. The van der Waals surface area contributed by atoms with Crippen molar-refractivity contribution in [3.8, 4) is 10.6 Å². The molecule has 3 rings (SSSR count). The van der Waals surface area contributed by atoms with Crippen LogP contribution in [0.4, 0.5) is 5.69 Å². The van der Waals surface area contributed by atoms with Gasteiger partial charge in [0, 0.05) is 11.8 Å². The minimum atomic E-state index is 0.804. The van der Waals surface area contributed by atoms with E-state index in [0.717, 1.165) is 5.69 Å². The SMILES string of the molecule is Cc1ccc2c(c1)sc(-c1ccc(N)cc1)[n+]2C. The Labute approximate surface area is 110 Å². The first kappa shape index (κ1) is 11.2. The lowest BCUT2D eigenvalue weighted by atomic mass is 10.2. The van der Waals surface area contributed by atoms with Gasteiger partial charge in [0.2, 0.25) is 5.52 Å². The monoisotopic (exact) mass is 255 g/mol. The van der Waals surface area contributed by atoms with Gasteiger partial charge in [-0.15, -0.1) is 0 Å². The van der Waals surface area contributed by atoms with Crippen molar-refractivity contribution in [2.24, 2.45) is 7.05 Å². The molecule has 2 aromatic carbocycles. The van der Waals surface area contributed by atoms with Gasteiger partial charge in [-0.1, -0.05) is 17.4 Å². The van der Waals surface area contributed by atoms with E-state index in [0.29, 0.717) is 0 Å². The Morgan fingerprint density at radius 1 is 1.06 bits per heavy atom. The van der Waals surface area contributed by atoms with Crippen LogP contribution in [0.15, 0.2) is 42.5 Å². The van der Waals surface area contributed by atoms with Gasteiger partial charge in [0.1, 0.15) is 11.7 Å². The molecule has 0 aliphatic carbocycles. The van der Waals surface area contributed by atoms with Gasteiger partial charge >= 0.3 is 0 Å². The number of aromatic nitrogens is 1. The molecule has 0 amide bonds. The Morgan fingerprint density at radius 2 is 1.78 bits per heavy atom. The Bertz CT molecular complexity index is 711. The minimum absolute atomic E-state index is 0.804. The third-order valence-electron chi connectivity index (χ3n) is 3.15. The summed E-state index contributed by atoms with van der Waals surface area (Å²) in [5.41, 5.74) is 10.3. The van der Waals surface area contributed by atoms with Crippen molar-refractivity contribution in [3.05, 3.63) is 48.0 Å². The zero-order valence-corrected chi connectivity index (χ0v) is 11.3. The number of anilines is 1. The van der Waals surface area contributed by atoms with Gasteiger partial charge < -0.3 is 5.73 Å². The van der Waals surface area contributed by atoms with Gasteiger partial charge in [-0.3, -0.25) is 0 Å².